The Hall–Kier alpha value is -0.453. The van der Waals surface area contributed by atoms with Gasteiger partial charge in [-0.15, -0.1) is 3.71 Å². The first-order valence-electron chi connectivity index (χ1n) is 3.07. The van der Waals surface area contributed by atoms with Crippen molar-refractivity contribution in [3.63, 3.8) is 0 Å². The molecule has 0 atom stereocenters. The molecule has 0 rings (SSSR count). The molecule has 0 heterocycles. The summed E-state index contributed by atoms with van der Waals surface area (Å²) in [6.45, 7) is 0. The summed E-state index contributed by atoms with van der Waals surface area (Å²) in [4.78, 5) is 9.86. The van der Waals surface area contributed by atoms with E-state index in [-0.39, 0.29) is 20.3 Å². The summed E-state index contributed by atoms with van der Waals surface area (Å²) in [6.07, 6.45) is -1.61. The van der Waals surface area contributed by atoms with Crippen molar-refractivity contribution in [1.29, 1.82) is 0 Å². The van der Waals surface area contributed by atoms with Crippen LogP contribution in [0.1, 0.15) is 1.43 Å². The average molecular weight is 317 g/mol. The molecule has 15 heteroatoms. The molecule has 0 aliphatic rings. The van der Waals surface area contributed by atoms with Crippen molar-refractivity contribution in [2.24, 2.45) is 0 Å². The number of nitrogens with zero attached hydrogens (tertiary/aromatic N) is 1. The number of hydrogen-bond acceptors (Lipinski definition) is 5. The molecule has 18 heavy (non-hydrogen) atoms. The smallest absolute Gasteiger partial charge is 1.00 e. The van der Waals surface area contributed by atoms with Gasteiger partial charge in [-0.1, -0.05) is 0 Å². The predicted octanol–water partition coefficient (Wildman–Crippen LogP) is -2.74. The van der Waals surface area contributed by atoms with Crippen molar-refractivity contribution < 1.29 is 68.3 Å². The minimum atomic E-state index is -6.97. The molecule has 0 N–H and O–H groups in total. The van der Waals surface area contributed by atoms with Crippen LogP contribution in [-0.2, 0) is 24.8 Å². The van der Waals surface area contributed by atoms with Crippen LogP contribution < -0.4 is 18.9 Å². The fourth-order valence-electron chi connectivity index (χ4n) is 0.447. The number of alkyl halides is 6. The molecule has 0 aromatic carbocycles. The Morgan fingerprint density at radius 2 is 1.06 bits per heavy atom. The maximum Gasteiger partial charge on any atom is 1.00 e. The zero-order valence-corrected chi connectivity index (χ0v) is 9.78. The van der Waals surface area contributed by atoms with E-state index in [1.165, 1.54) is 0 Å². The van der Waals surface area contributed by atoms with Gasteiger partial charge in [0.2, 0.25) is 6.41 Å². The zero-order chi connectivity index (χ0) is 14.3. The monoisotopic (exact) mass is 317 g/mol. The summed E-state index contributed by atoms with van der Waals surface area (Å²) in [5.41, 5.74) is -12.7. The molecule has 1 amide bonds. The third-order valence-corrected chi connectivity index (χ3v) is 4.61. The number of halogens is 6. The molecule has 0 fully saturated rings. The molecule has 0 spiro atoms. The van der Waals surface area contributed by atoms with E-state index in [2.05, 4.69) is 0 Å². The van der Waals surface area contributed by atoms with Crippen molar-refractivity contribution in [1.82, 2.24) is 3.71 Å². The second-order valence-corrected chi connectivity index (χ2v) is 6.08. The molecular formula is C3H2F6LiNO5S2. The molecule has 0 aromatic rings. The third kappa shape index (κ3) is 3.31. The summed E-state index contributed by atoms with van der Waals surface area (Å²) in [6, 6.07) is 0. The summed E-state index contributed by atoms with van der Waals surface area (Å²) in [5, 5.41) is 0. The minimum Gasteiger partial charge on any atom is -1.00 e. The van der Waals surface area contributed by atoms with Crippen LogP contribution in [0.4, 0.5) is 26.3 Å². The van der Waals surface area contributed by atoms with Crippen LogP contribution in [-0.4, -0.2) is 38.0 Å². The zero-order valence-electron chi connectivity index (χ0n) is 9.15. The van der Waals surface area contributed by atoms with Crippen molar-refractivity contribution in [3.05, 3.63) is 0 Å². The van der Waals surface area contributed by atoms with Gasteiger partial charge in [-0.3, -0.25) is 4.79 Å². The first kappa shape index (κ1) is 19.9. The van der Waals surface area contributed by atoms with Crippen LogP contribution in [0.25, 0.3) is 0 Å². The fourth-order valence-corrected chi connectivity index (χ4v) is 2.62. The van der Waals surface area contributed by atoms with E-state index < -0.39 is 41.2 Å². The summed E-state index contributed by atoms with van der Waals surface area (Å²) in [5.74, 6) is 0. The van der Waals surface area contributed by atoms with E-state index >= 15 is 0 Å². The number of sulfonamides is 2. The van der Waals surface area contributed by atoms with Gasteiger partial charge >= 0.3 is 49.9 Å². The van der Waals surface area contributed by atoms with Gasteiger partial charge in [0.1, 0.15) is 0 Å². The van der Waals surface area contributed by atoms with Gasteiger partial charge in [-0.2, -0.15) is 43.2 Å². The number of amides is 1. The fraction of sp³-hybridized carbons (Fsp3) is 0.667. The van der Waals surface area contributed by atoms with E-state index in [4.69, 9.17) is 0 Å². The quantitative estimate of drug-likeness (QED) is 0.320. The molecule has 0 aliphatic carbocycles. The van der Waals surface area contributed by atoms with Crippen LogP contribution >= 0.6 is 0 Å². The SMILES string of the molecule is O=CN(S(=O)(=O)C(F)(F)F)S(=O)(=O)C(F)(F)F.[H-].[Li+]. The molecule has 0 aliphatic heterocycles. The summed E-state index contributed by atoms with van der Waals surface area (Å²) < 4.78 is 110. The Bertz CT molecular complexity index is 466. The number of hydrogen-bond donors (Lipinski definition) is 0. The van der Waals surface area contributed by atoms with Crippen molar-refractivity contribution in [3.8, 4) is 0 Å². The molecule has 0 radical (unpaired) electrons. The van der Waals surface area contributed by atoms with Gasteiger partial charge in [0.15, 0.2) is 0 Å². The molecule has 0 unspecified atom stereocenters. The Kier molecular flexibility index (Phi) is 5.82. The van der Waals surface area contributed by atoms with Crippen molar-refractivity contribution in [2.75, 3.05) is 0 Å². The third-order valence-electron chi connectivity index (χ3n) is 1.14. The summed E-state index contributed by atoms with van der Waals surface area (Å²) in [7, 11) is -13.9. The van der Waals surface area contributed by atoms with Gasteiger partial charge in [-0.05, 0) is 0 Å². The molecule has 0 saturated heterocycles. The Labute approximate surface area is 110 Å². The van der Waals surface area contributed by atoms with Crippen LogP contribution in [0.3, 0.4) is 0 Å². The van der Waals surface area contributed by atoms with Gasteiger partial charge in [-0.25, -0.2) is 0 Å². The van der Waals surface area contributed by atoms with E-state index in [0.717, 1.165) is 0 Å². The maximum absolute atomic E-state index is 11.8. The predicted molar refractivity (Wildman–Crippen MR) is 39.0 cm³/mol. The topological polar surface area (TPSA) is 88.6 Å². The first-order valence-corrected chi connectivity index (χ1v) is 5.95. The molecule has 6 nitrogen and oxygen atoms in total. The number of carbonyl (C=O) groups excluding carboxylic acids is 1. The van der Waals surface area contributed by atoms with Crippen LogP contribution in [0.5, 0.6) is 0 Å². The number of rotatable bonds is 3. The van der Waals surface area contributed by atoms with Crippen LogP contribution in [0.15, 0.2) is 0 Å². The largest absolute Gasteiger partial charge is 1.00 e. The van der Waals surface area contributed by atoms with Crippen molar-refractivity contribution in [2.45, 2.75) is 11.0 Å². The van der Waals surface area contributed by atoms with E-state index in [0.29, 0.717) is 0 Å². The molecule has 0 bridgehead atoms. The molecule has 0 saturated carbocycles. The van der Waals surface area contributed by atoms with Gasteiger partial charge in [0.25, 0.3) is 0 Å². The Balaban J connectivity index is -0.00000128. The van der Waals surface area contributed by atoms with E-state index in [1.54, 1.807) is 0 Å². The molecular weight excluding hydrogens is 315 g/mol. The van der Waals surface area contributed by atoms with Crippen molar-refractivity contribution >= 4 is 26.5 Å². The van der Waals surface area contributed by atoms with Gasteiger partial charge in [0, 0.05) is 0 Å². The minimum absolute atomic E-state index is 0. The van der Waals surface area contributed by atoms with Crippen LogP contribution in [0.2, 0.25) is 0 Å². The normalized spacial score (nSPS) is 13.7. The summed E-state index contributed by atoms with van der Waals surface area (Å²) >= 11 is 0. The van der Waals surface area contributed by atoms with E-state index in [9.17, 15) is 48.0 Å². The van der Waals surface area contributed by atoms with E-state index in [1.807, 2.05) is 0 Å². The number of carbonyl (C=O) groups is 1. The van der Waals surface area contributed by atoms with Gasteiger partial charge in [0.05, 0.1) is 0 Å². The standard InChI is InChI=1S/C3HF6NO5S2.Li.H/c4-2(5,6)16(12,13)10(1-11)17(14,15)3(7,8)9;;/h1H;;/q;+1;-1. The molecule has 0 aromatic heterocycles. The van der Waals surface area contributed by atoms with Crippen LogP contribution in [0, 0.1) is 0 Å². The second kappa shape index (κ2) is 5.27. The first-order chi connectivity index (χ1) is 7.19. The Morgan fingerprint density at radius 3 is 1.17 bits per heavy atom. The van der Waals surface area contributed by atoms with Gasteiger partial charge < -0.3 is 1.43 Å². The molecule has 104 valence electrons. The maximum atomic E-state index is 11.8. The Morgan fingerprint density at radius 1 is 0.833 bits per heavy atom. The average Bonchev–Trinajstić information content (AvgIpc) is 1.99. The second-order valence-electron chi connectivity index (χ2n) is 2.23.